The predicted molar refractivity (Wildman–Crippen MR) is 60.1 cm³/mol. The number of rotatable bonds is 0. The highest BCUT2D eigenvalue weighted by Gasteiger charge is 2.20. The van der Waals surface area contributed by atoms with Crippen LogP contribution in [0.25, 0.3) is 0 Å². The third-order valence-corrected chi connectivity index (χ3v) is 2.56. The average Bonchev–Trinajstić information content (AvgIpc) is 2.29. The monoisotopic (exact) mass is 218 g/mol. The van der Waals surface area contributed by atoms with Crippen LogP contribution in [0.3, 0.4) is 0 Å². The van der Waals surface area contributed by atoms with Gasteiger partial charge in [0, 0.05) is 16.8 Å². The van der Waals surface area contributed by atoms with Crippen LogP contribution in [-0.2, 0) is 0 Å². The molecule has 0 aromatic heterocycles. The first-order chi connectivity index (χ1) is 7.34. The van der Waals surface area contributed by atoms with E-state index in [1.807, 2.05) is 12.1 Å². The first-order valence-corrected chi connectivity index (χ1v) is 4.94. The minimum absolute atomic E-state index is 0.471. The van der Waals surface area contributed by atoms with Crippen molar-refractivity contribution in [3.63, 3.8) is 0 Å². The van der Waals surface area contributed by atoms with Crippen LogP contribution in [0.15, 0.2) is 40.0 Å². The molecular weight excluding hydrogens is 212 g/mol. The summed E-state index contributed by atoms with van der Waals surface area (Å²) >= 11 is 5.94. The van der Waals surface area contributed by atoms with E-state index in [0.29, 0.717) is 11.7 Å². The number of ether oxygens (including phenoxy) is 1. The molecule has 0 saturated carbocycles. The molecule has 0 N–H and O–H groups in total. The second kappa shape index (κ2) is 3.21. The molecule has 0 radical (unpaired) electrons. The fraction of sp³-hybridized carbons (Fsp3) is 0.0909. The lowest BCUT2D eigenvalue weighted by Gasteiger charge is -2.19. The van der Waals surface area contributed by atoms with Crippen molar-refractivity contribution in [1.29, 1.82) is 0 Å². The SMILES string of the molecule is Clc1ccc2c(c1)C1=NCN=CC1=CO2. The molecule has 2 aliphatic rings. The Bertz CT molecular complexity index is 517. The molecule has 3 nitrogen and oxygen atoms in total. The van der Waals surface area contributed by atoms with Crippen molar-refractivity contribution in [2.45, 2.75) is 0 Å². The van der Waals surface area contributed by atoms with Gasteiger partial charge in [0.25, 0.3) is 0 Å². The van der Waals surface area contributed by atoms with E-state index in [1.54, 1.807) is 18.5 Å². The third-order valence-electron chi connectivity index (χ3n) is 2.32. The number of halogens is 1. The van der Waals surface area contributed by atoms with E-state index < -0.39 is 0 Å². The van der Waals surface area contributed by atoms with Gasteiger partial charge in [-0.05, 0) is 18.2 Å². The lowest BCUT2D eigenvalue weighted by atomic mass is 10.0. The highest BCUT2D eigenvalue weighted by molar-refractivity contribution is 6.32. The van der Waals surface area contributed by atoms with Crippen molar-refractivity contribution >= 4 is 23.5 Å². The quantitative estimate of drug-likeness (QED) is 0.659. The highest BCUT2D eigenvalue weighted by Crippen LogP contribution is 2.29. The first-order valence-electron chi connectivity index (χ1n) is 4.56. The van der Waals surface area contributed by atoms with Gasteiger partial charge >= 0.3 is 0 Å². The van der Waals surface area contributed by atoms with Crippen LogP contribution in [-0.4, -0.2) is 18.6 Å². The maximum atomic E-state index is 5.94. The van der Waals surface area contributed by atoms with E-state index in [-0.39, 0.29) is 0 Å². The molecule has 1 aromatic carbocycles. The van der Waals surface area contributed by atoms with E-state index in [0.717, 1.165) is 22.6 Å². The minimum atomic E-state index is 0.471. The lowest BCUT2D eigenvalue weighted by molar-refractivity contribution is 0.475. The van der Waals surface area contributed by atoms with E-state index in [1.165, 1.54) is 0 Å². The molecule has 0 spiro atoms. The van der Waals surface area contributed by atoms with Crippen molar-refractivity contribution in [1.82, 2.24) is 0 Å². The normalized spacial score (nSPS) is 17.1. The first kappa shape index (κ1) is 8.68. The summed E-state index contributed by atoms with van der Waals surface area (Å²) in [5, 5.41) is 0.684. The molecule has 74 valence electrons. The maximum Gasteiger partial charge on any atom is 0.136 e. The van der Waals surface area contributed by atoms with Crippen LogP contribution in [0, 0.1) is 0 Å². The zero-order valence-electron chi connectivity index (χ0n) is 7.77. The summed E-state index contributed by atoms with van der Waals surface area (Å²) in [5.41, 5.74) is 2.75. The Hall–Kier alpha value is -1.61. The highest BCUT2D eigenvalue weighted by atomic mass is 35.5. The number of benzene rings is 1. The van der Waals surface area contributed by atoms with Gasteiger partial charge < -0.3 is 4.74 Å². The van der Waals surface area contributed by atoms with Gasteiger partial charge in [-0.3, -0.25) is 9.98 Å². The third kappa shape index (κ3) is 1.36. The molecular formula is C11H7ClN2O. The van der Waals surface area contributed by atoms with E-state index in [4.69, 9.17) is 16.3 Å². The van der Waals surface area contributed by atoms with Gasteiger partial charge in [0.05, 0.1) is 11.3 Å². The summed E-state index contributed by atoms with van der Waals surface area (Å²) in [5.74, 6) is 0.789. The molecule has 0 unspecified atom stereocenters. The zero-order valence-corrected chi connectivity index (χ0v) is 8.53. The van der Waals surface area contributed by atoms with Crippen LogP contribution in [0.1, 0.15) is 5.56 Å². The molecule has 0 aliphatic carbocycles. The van der Waals surface area contributed by atoms with E-state index in [9.17, 15) is 0 Å². The second-order valence-electron chi connectivity index (χ2n) is 3.29. The summed E-state index contributed by atoms with van der Waals surface area (Å²) in [7, 11) is 0. The zero-order chi connectivity index (χ0) is 10.3. The number of hydrogen-bond donors (Lipinski definition) is 0. The van der Waals surface area contributed by atoms with Crippen molar-refractivity contribution < 1.29 is 4.74 Å². The van der Waals surface area contributed by atoms with Gasteiger partial charge in [0.1, 0.15) is 18.7 Å². The Morgan fingerprint density at radius 2 is 2.27 bits per heavy atom. The van der Waals surface area contributed by atoms with Crippen LogP contribution in [0.5, 0.6) is 5.75 Å². The Labute approximate surface area is 91.8 Å². The van der Waals surface area contributed by atoms with Crippen molar-refractivity contribution in [2.24, 2.45) is 9.98 Å². The van der Waals surface area contributed by atoms with Crippen molar-refractivity contribution in [3.05, 3.63) is 40.6 Å². The second-order valence-corrected chi connectivity index (χ2v) is 3.73. The Morgan fingerprint density at radius 3 is 3.20 bits per heavy atom. The molecule has 1 aromatic rings. The van der Waals surface area contributed by atoms with Gasteiger partial charge in [-0.1, -0.05) is 11.6 Å². The van der Waals surface area contributed by atoms with Crippen LogP contribution in [0.2, 0.25) is 5.02 Å². The molecule has 0 atom stereocenters. The maximum absolute atomic E-state index is 5.94. The summed E-state index contributed by atoms with van der Waals surface area (Å²) in [4.78, 5) is 8.41. The molecule has 0 bridgehead atoms. The molecule has 15 heavy (non-hydrogen) atoms. The largest absolute Gasteiger partial charge is 0.464 e. The number of fused-ring (bicyclic) bond motifs is 3. The molecule has 3 rings (SSSR count). The van der Waals surface area contributed by atoms with Crippen molar-refractivity contribution in [3.8, 4) is 5.75 Å². The Balaban J connectivity index is 2.19. The summed E-state index contributed by atoms with van der Waals surface area (Å²) < 4.78 is 5.46. The molecule has 2 heterocycles. The van der Waals surface area contributed by atoms with Crippen LogP contribution in [0.4, 0.5) is 0 Å². The summed E-state index contributed by atoms with van der Waals surface area (Å²) in [6, 6.07) is 5.51. The average molecular weight is 219 g/mol. The fourth-order valence-electron chi connectivity index (χ4n) is 1.65. The van der Waals surface area contributed by atoms with Gasteiger partial charge in [0.15, 0.2) is 0 Å². The predicted octanol–water partition coefficient (Wildman–Crippen LogP) is 2.45. The van der Waals surface area contributed by atoms with Gasteiger partial charge in [-0.15, -0.1) is 0 Å². The van der Waals surface area contributed by atoms with Gasteiger partial charge in [-0.2, -0.15) is 0 Å². The summed E-state index contributed by atoms with van der Waals surface area (Å²) in [6.07, 6.45) is 3.43. The number of aliphatic imine (C=N–C) groups is 2. The smallest absolute Gasteiger partial charge is 0.136 e. The van der Waals surface area contributed by atoms with Gasteiger partial charge in [0.2, 0.25) is 0 Å². The Morgan fingerprint density at radius 1 is 1.33 bits per heavy atom. The lowest BCUT2D eigenvalue weighted by Crippen LogP contribution is -2.17. The molecule has 2 aliphatic heterocycles. The molecule has 0 amide bonds. The fourth-order valence-corrected chi connectivity index (χ4v) is 1.82. The van der Waals surface area contributed by atoms with E-state index >= 15 is 0 Å². The standard InChI is InChI=1S/C11H7ClN2O/c12-8-1-2-10-9(3-8)11-7(5-15-10)4-13-6-14-11/h1-5H,6H2. The van der Waals surface area contributed by atoms with Gasteiger partial charge in [-0.25, -0.2) is 0 Å². The summed E-state index contributed by atoms with van der Waals surface area (Å²) in [6.45, 7) is 0.471. The van der Waals surface area contributed by atoms with Crippen molar-refractivity contribution in [2.75, 3.05) is 6.67 Å². The van der Waals surface area contributed by atoms with Crippen LogP contribution < -0.4 is 4.74 Å². The Kier molecular flexibility index (Phi) is 1.86. The van der Waals surface area contributed by atoms with Crippen LogP contribution >= 0.6 is 11.6 Å². The number of hydrogen-bond acceptors (Lipinski definition) is 3. The topological polar surface area (TPSA) is 34.0 Å². The minimum Gasteiger partial charge on any atom is -0.464 e. The molecule has 4 heteroatoms. The number of allylic oxidation sites excluding steroid dienone is 1. The number of nitrogens with zero attached hydrogens (tertiary/aromatic N) is 2. The van der Waals surface area contributed by atoms with E-state index in [2.05, 4.69) is 9.98 Å². The molecule has 0 saturated heterocycles. The molecule has 0 fully saturated rings.